The van der Waals surface area contributed by atoms with Crippen LogP contribution in [0.3, 0.4) is 0 Å². The molecule has 15 heavy (non-hydrogen) atoms. The van der Waals surface area contributed by atoms with E-state index in [2.05, 4.69) is 0 Å². The Morgan fingerprint density at radius 3 is 2.33 bits per heavy atom. The summed E-state index contributed by atoms with van der Waals surface area (Å²) in [5.74, 6) is 0.00685. The molecular formula is C10H16N2O3. The summed E-state index contributed by atoms with van der Waals surface area (Å²) >= 11 is 0. The van der Waals surface area contributed by atoms with Gasteiger partial charge in [-0.3, -0.25) is 9.69 Å². The van der Waals surface area contributed by atoms with Crippen LogP contribution in [0.2, 0.25) is 0 Å². The SMILES string of the molecule is O=C(C1CCCN1C(=O)O)N1CCCC1. The van der Waals surface area contributed by atoms with Gasteiger partial charge in [-0.1, -0.05) is 0 Å². The number of carbonyl (C=O) groups excluding carboxylic acids is 1. The molecule has 0 aromatic carbocycles. The number of carboxylic acid groups (broad SMARTS) is 1. The fourth-order valence-electron chi connectivity index (χ4n) is 2.40. The average molecular weight is 212 g/mol. The highest BCUT2D eigenvalue weighted by Crippen LogP contribution is 2.21. The predicted molar refractivity (Wildman–Crippen MR) is 53.6 cm³/mol. The van der Waals surface area contributed by atoms with Gasteiger partial charge in [0.2, 0.25) is 5.91 Å². The van der Waals surface area contributed by atoms with Crippen LogP contribution in [0.1, 0.15) is 25.7 Å². The van der Waals surface area contributed by atoms with E-state index >= 15 is 0 Å². The number of amides is 2. The highest BCUT2D eigenvalue weighted by molar-refractivity contribution is 5.86. The van der Waals surface area contributed by atoms with Gasteiger partial charge < -0.3 is 10.0 Å². The van der Waals surface area contributed by atoms with Gasteiger partial charge in [0.05, 0.1) is 0 Å². The Hall–Kier alpha value is -1.26. The lowest BCUT2D eigenvalue weighted by molar-refractivity contribution is -0.134. The summed E-state index contributed by atoms with van der Waals surface area (Å²) in [6, 6.07) is -0.416. The molecule has 0 aromatic heterocycles. The normalized spacial score (nSPS) is 26.0. The van der Waals surface area contributed by atoms with Crippen molar-refractivity contribution in [3.63, 3.8) is 0 Å². The smallest absolute Gasteiger partial charge is 0.407 e. The molecule has 2 saturated heterocycles. The zero-order valence-electron chi connectivity index (χ0n) is 8.69. The Balaban J connectivity index is 2.02. The van der Waals surface area contributed by atoms with E-state index in [4.69, 9.17) is 5.11 Å². The van der Waals surface area contributed by atoms with Crippen molar-refractivity contribution in [3.8, 4) is 0 Å². The van der Waals surface area contributed by atoms with E-state index in [1.807, 2.05) is 0 Å². The monoisotopic (exact) mass is 212 g/mol. The molecule has 0 spiro atoms. The van der Waals surface area contributed by atoms with E-state index in [-0.39, 0.29) is 5.91 Å². The minimum absolute atomic E-state index is 0.00685. The van der Waals surface area contributed by atoms with Crippen LogP contribution < -0.4 is 0 Å². The molecule has 2 fully saturated rings. The van der Waals surface area contributed by atoms with Crippen LogP contribution in [-0.4, -0.2) is 52.6 Å². The molecular weight excluding hydrogens is 196 g/mol. The molecule has 2 aliphatic heterocycles. The van der Waals surface area contributed by atoms with Crippen LogP contribution in [0.4, 0.5) is 4.79 Å². The molecule has 0 aromatic rings. The number of carbonyl (C=O) groups is 2. The summed E-state index contributed by atoms with van der Waals surface area (Å²) in [5, 5.41) is 8.93. The van der Waals surface area contributed by atoms with Gasteiger partial charge in [-0.2, -0.15) is 0 Å². The van der Waals surface area contributed by atoms with Crippen molar-refractivity contribution >= 4 is 12.0 Å². The lowest BCUT2D eigenvalue weighted by atomic mass is 10.2. The van der Waals surface area contributed by atoms with Crippen molar-refractivity contribution in [1.29, 1.82) is 0 Å². The summed E-state index contributed by atoms with van der Waals surface area (Å²) in [4.78, 5) is 25.9. The third-order valence-electron chi connectivity index (χ3n) is 3.20. The largest absolute Gasteiger partial charge is 0.465 e. The average Bonchev–Trinajstić information content (AvgIpc) is 2.88. The third-order valence-corrected chi connectivity index (χ3v) is 3.20. The molecule has 1 unspecified atom stereocenters. The molecule has 0 saturated carbocycles. The number of hydrogen-bond donors (Lipinski definition) is 1. The first-order valence-electron chi connectivity index (χ1n) is 5.48. The van der Waals surface area contributed by atoms with Crippen molar-refractivity contribution in [2.24, 2.45) is 0 Å². The van der Waals surface area contributed by atoms with Gasteiger partial charge in [0.1, 0.15) is 6.04 Å². The molecule has 0 bridgehead atoms. The summed E-state index contributed by atoms with van der Waals surface area (Å²) in [5.41, 5.74) is 0. The fraction of sp³-hybridized carbons (Fsp3) is 0.800. The van der Waals surface area contributed by atoms with E-state index in [0.717, 1.165) is 32.4 Å². The fourth-order valence-corrected chi connectivity index (χ4v) is 2.40. The number of nitrogens with zero attached hydrogens (tertiary/aromatic N) is 2. The Bertz CT molecular complexity index is 274. The maximum absolute atomic E-state index is 12.0. The van der Waals surface area contributed by atoms with E-state index in [1.54, 1.807) is 4.90 Å². The Kier molecular flexibility index (Phi) is 2.79. The molecule has 5 heteroatoms. The lowest BCUT2D eigenvalue weighted by Gasteiger charge is -2.25. The highest BCUT2D eigenvalue weighted by atomic mass is 16.4. The van der Waals surface area contributed by atoms with Crippen molar-refractivity contribution in [2.45, 2.75) is 31.7 Å². The first-order chi connectivity index (χ1) is 7.20. The van der Waals surface area contributed by atoms with Gasteiger partial charge in [0, 0.05) is 19.6 Å². The van der Waals surface area contributed by atoms with Crippen molar-refractivity contribution in [2.75, 3.05) is 19.6 Å². The maximum atomic E-state index is 12.0. The molecule has 2 heterocycles. The molecule has 1 N–H and O–H groups in total. The topological polar surface area (TPSA) is 60.9 Å². The van der Waals surface area contributed by atoms with Crippen LogP contribution in [0, 0.1) is 0 Å². The Morgan fingerprint density at radius 1 is 1.07 bits per heavy atom. The molecule has 2 aliphatic rings. The van der Waals surface area contributed by atoms with Crippen LogP contribution >= 0.6 is 0 Å². The van der Waals surface area contributed by atoms with E-state index in [1.165, 1.54) is 4.90 Å². The van der Waals surface area contributed by atoms with Gasteiger partial charge in [-0.15, -0.1) is 0 Å². The first-order valence-corrected chi connectivity index (χ1v) is 5.48. The van der Waals surface area contributed by atoms with Gasteiger partial charge in [-0.05, 0) is 25.7 Å². The second-order valence-electron chi connectivity index (χ2n) is 4.17. The van der Waals surface area contributed by atoms with E-state index in [0.29, 0.717) is 13.0 Å². The lowest BCUT2D eigenvalue weighted by Crippen LogP contribution is -2.46. The minimum atomic E-state index is -0.968. The van der Waals surface area contributed by atoms with Crippen LogP contribution in [0.5, 0.6) is 0 Å². The molecule has 2 rings (SSSR count). The molecule has 0 radical (unpaired) electrons. The molecule has 84 valence electrons. The van der Waals surface area contributed by atoms with Gasteiger partial charge in [0.25, 0.3) is 0 Å². The van der Waals surface area contributed by atoms with Crippen molar-refractivity contribution in [3.05, 3.63) is 0 Å². The first kappa shape index (κ1) is 10.3. The summed E-state index contributed by atoms with van der Waals surface area (Å²) in [6.45, 7) is 2.09. The quantitative estimate of drug-likeness (QED) is 0.697. The van der Waals surface area contributed by atoms with Crippen molar-refractivity contribution in [1.82, 2.24) is 9.80 Å². The number of hydrogen-bond acceptors (Lipinski definition) is 2. The molecule has 5 nitrogen and oxygen atoms in total. The van der Waals surface area contributed by atoms with E-state index < -0.39 is 12.1 Å². The van der Waals surface area contributed by atoms with Gasteiger partial charge >= 0.3 is 6.09 Å². The number of rotatable bonds is 1. The van der Waals surface area contributed by atoms with Gasteiger partial charge in [-0.25, -0.2) is 4.79 Å². The Labute approximate surface area is 88.6 Å². The second kappa shape index (κ2) is 4.08. The predicted octanol–water partition coefficient (Wildman–Crippen LogP) is 0.751. The summed E-state index contributed by atoms with van der Waals surface area (Å²) in [7, 11) is 0. The zero-order valence-corrected chi connectivity index (χ0v) is 8.69. The van der Waals surface area contributed by atoms with Crippen LogP contribution in [0.15, 0.2) is 0 Å². The highest BCUT2D eigenvalue weighted by Gasteiger charge is 2.36. The van der Waals surface area contributed by atoms with Crippen LogP contribution in [-0.2, 0) is 4.79 Å². The van der Waals surface area contributed by atoms with E-state index in [9.17, 15) is 9.59 Å². The van der Waals surface area contributed by atoms with Crippen molar-refractivity contribution < 1.29 is 14.7 Å². The molecule has 0 aliphatic carbocycles. The summed E-state index contributed by atoms with van der Waals surface area (Å²) < 4.78 is 0. The second-order valence-corrected chi connectivity index (χ2v) is 4.17. The molecule has 1 atom stereocenters. The van der Waals surface area contributed by atoms with Crippen LogP contribution in [0.25, 0.3) is 0 Å². The number of likely N-dealkylation sites (tertiary alicyclic amines) is 2. The molecule has 2 amide bonds. The maximum Gasteiger partial charge on any atom is 0.407 e. The standard InChI is InChI=1S/C10H16N2O3/c13-9(11-5-1-2-6-11)8-4-3-7-12(8)10(14)15/h8H,1-7H2,(H,14,15). The zero-order chi connectivity index (χ0) is 10.8. The minimum Gasteiger partial charge on any atom is -0.465 e. The summed E-state index contributed by atoms with van der Waals surface area (Å²) in [6.07, 6.45) is 2.61. The Morgan fingerprint density at radius 2 is 1.73 bits per heavy atom. The van der Waals surface area contributed by atoms with Gasteiger partial charge in [0.15, 0.2) is 0 Å². The third kappa shape index (κ3) is 1.91.